The predicted molar refractivity (Wildman–Crippen MR) is 117 cm³/mol. The SMILES string of the molecule is CNCCc1nc(-c2ccc3c(Nc4cc(O)c(F)cc4Cl)ccnc3c2)cs1. The van der Waals surface area contributed by atoms with Crippen LogP contribution < -0.4 is 10.6 Å². The van der Waals surface area contributed by atoms with Crippen molar-refractivity contribution in [3.8, 4) is 17.0 Å². The van der Waals surface area contributed by atoms with Gasteiger partial charge in [0.05, 0.1) is 26.9 Å². The Morgan fingerprint density at radius 3 is 2.86 bits per heavy atom. The van der Waals surface area contributed by atoms with Gasteiger partial charge in [-0.2, -0.15) is 0 Å². The molecule has 0 bridgehead atoms. The second-order valence-electron chi connectivity index (χ2n) is 6.48. The number of likely N-dealkylation sites (N-methyl/N-ethyl adjacent to an activating group) is 1. The highest BCUT2D eigenvalue weighted by atomic mass is 35.5. The number of aromatic hydroxyl groups is 1. The molecule has 2 aromatic heterocycles. The van der Waals surface area contributed by atoms with Gasteiger partial charge in [0.25, 0.3) is 0 Å². The van der Waals surface area contributed by atoms with E-state index >= 15 is 0 Å². The fourth-order valence-corrected chi connectivity index (χ4v) is 3.99. The molecule has 4 rings (SSSR count). The number of benzene rings is 2. The van der Waals surface area contributed by atoms with E-state index in [0.717, 1.165) is 51.9 Å². The number of nitrogens with one attached hydrogen (secondary N) is 2. The van der Waals surface area contributed by atoms with Crippen molar-refractivity contribution in [2.75, 3.05) is 18.9 Å². The van der Waals surface area contributed by atoms with Gasteiger partial charge in [0.15, 0.2) is 11.6 Å². The van der Waals surface area contributed by atoms with Gasteiger partial charge < -0.3 is 15.7 Å². The molecule has 0 spiro atoms. The molecule has 29 heavy (non-hydrogen) atoms. The smallest absolute Gasteiger partial charge is 0.166 e. The quantitative estimate of drug-likeness (QED) is 0.385. The first-order valence-electron chi connectivity index (χ1n) is 8.98. The molecule has 0 amide bonds. The summed E-state index contributed by atoms with van der Waals surface area (Å²) >= 11 is 7.75. The number of rotatable bonds is 6. The third-order valence-electron chi connectivity index (χ3n) is 4.48. The molecule has 2 heterocycles. The normalized spacial score (nSPS) is 11.1. The molecule has 0 aliphatic heterocycles. The van der Waals surface area contributed by atoms with Crippen molar-refractivity contribution in [1.82, 2.24) is 15.3 Å². The van der Waals surface area contributed by atoms with Crippen LogP contribution in [-0.4, -0.2) is 28.7 Å². The zero-order chi connectivity index (χ0) is 20.4. The lowest BCUT2D eigenvalue weighted by atomic mass is 10.1. The Hall–Kier alpha value is -2.74. The highest BCUT2D eigenvalue weighted by Gasteiger charge is 2.11. The number of pyridine rings is 1. The Morgan fingerprint density at radius 1 is 1.17 bits per heavy atom. The van der Waals surface area contributed by atoms with E-state index in [1.165, 1.54) is 6.07 Å². The minimum Gasteiger partial charge on any atom is -0.505 e. The van der Waals surface area contributed by atoms with E-state index in [-0.39, 0.29) is 5.02 Å². The van der Waals surface area contributed by atoms with Crippen molar-refractivity contribution < 1.29 is 9.50 Å². The van der Waals surface area contributed by atoms with Crippen LogP contribution in [0.25, 0.3) is 22.2 Å². The summed E-state index contributed by atoms with van der Waals surface area (Å²) in [7, 11) is 1.93. The van der Waals surface area contributed by atoms with Crippen LogP contribution in [0.2, 0.25) is 5.02 Å². The summed E-state index contributed by atoms with van der Waals surface area (Å²) in [5.74, 6) is -1.22. The largest absolute Gasteiger partial charge is 0.505 e. The molecule has 2 aromatic carbocycles. The average Bonchev–Trinajstić information content (AvgIpc) is 3.19. The van der Waals surface area contributed by atoms with E-state index < -0.39 is 11.6 Å². The van der Waals surface area contributed by atoms with Crippen molar-refractivity contribution in [2.24, 2.45) is 0 Å². The Kier molecular flexibility index (Phi) is 5.62. The first-order chi connectivity index (χ1) is 14.0. The maximum Gasteiger partial charge on any atom is 0.166 e. The summed E-state index contributed by atoms with van der Waals surface area (Å²) in [5.41, 5.74) is 3.87. The number of aromatic nitrogens is 2. The molecule has 0 unspecified atom stereocenters. The molecule has 0 saturated heterocycles. The maximum atomic E-state index is 13.4. The van der Waals surface area contributed by atoms with Crippen LogP contribution in [0.15, 0.2) is 48.0 Å². The third-order valence-corrected chi connectivity index (χ3v) is 5.71. The second-order valence-corrected chi connectivity index (χ2v) is 7.83. The standard InChI is InChI=1S/C21H18ClFN4OS/c1-24-6-5-21-27-19(11-29-21)12-2-3-13-16(4-7-25-17(13)8-12)26-18-10-20(28)15(23)9-14(18)22/h2-4,7-11,24,28H,5-6H2,1H3,(H,25,26). The molecule has 0 saturated carbocycles. The van der Waals surface area contributed by atoms with Gasteiger partial charge in [0.2, 0.25) is 0 Å². The average molecular weight is 429 g/mol. The maximum absolute atomic E-state index is 13.4. The number of hydrogen-bond donors (Lipinski definition) is 3. The fourth-order valence-electron chi connectivity index (χ4n) is 2.99. The minimum atomic E-state index is -0.762. The second kappa shape index (κ2) is 8.32. The highest BCUT2D eigenvalue weighted by molar-refractivity contribution is 7.09. The number of hydrogen-bond acceptors (Lipinski definition) is 6. The number of thiazole rings is 1. The van der Waals surface area contributed by atoms with Crippen LogP contribution >= 0.6 is 22.9 Å². The molecule has 0 aliphatic carbocycles. The van der Waals surface area contributed by atoms with E-state index in [4.69, 9.17) is 16.6 Å². The molecule has 5 nitrogen and oxygen atoms in total. The van der Waals surface area contributed by atoms with Gasteiger partial charge in [-0.05, 0) is 25.2 Å². The summed E-state index contributed by atoms with van der Waals surface area (Å²) in [6.45, 7) is 0.892. The number of halogens is 2. The summed E-state index contributed by atoms with van der Waals surface area (Å²) in [5, 5.41) is 20.1. The van der Waals surface area contributed by atoms with Crippen LogP contribution in [-0.2, 0) is 6.42 Å². The number of phenolic OH excluding ortho intramolecular Hbond substituents is 1. The minimum absolute atomic E-state index is 0.179. The van der Waals surface area contributed by atoms with Crippen LogP contribution in [0.4, 0.5) is 15.8 Å². The Labute approximate surface area is 176 Å². The van der Waals surface area contributed by atoms with Gasteiger partial charge in [0.1, 0.15) is 0 Å². The number of phenols is 1. The Balaban J connectivity index is 1.66. The zero-order valence-electron chi connectivity index (χ0n) is 15.5. The zero-order valence-corrected chi connectivity index (χ0v) is 17.1. The van der Waals surface area contributed by atoms with Crippen LogP contribution in [0.5, 0.6) is 5.75 Å². The monoisotopic (exact) mass is 428 g/mol. The number of anilines is 2. The summed E-state index contributed by atoms with van der Waals surface area (Å²) in [4.78, 5) is 9.16. The lowest BCUT2D eigenvalue weighted by molar-refractivity contribution is 0.433. The van der Waals surface area contributed by atoms with E-state index in [9.17, 15) is 9.50 Å². The summed E-state index contributed by atoms with van der Waals surface area (Å²) in [6, 6.07) is 10.1. The van der Waals surface area contributed by atoms with Gasteiger partial charge in [-0.15, -0.1) is 11.3 Å². The lowest BCUT2D eigenvalue weighted by Gasteiger charge is -2.12. The van der Waals surface area contributed by atoms with E-state index in [2.05, 4.69) is 21.0 Å². The van der Waals surface area contributed by atoms with Gasteiger partial charge >= 0.3 is 0 Å². The Bertz CT molecular complexity index is 1180. The first-order valence-corrected chi connectivity index (χ1v) is 10.2. The van der Waals surface area contributed by atoms with Gasteiger partial charge in [-0.25, -0.2) is 9.37 Å². The van der Waals surface area contributed by atoms with Crippen LogP contribution in [0.1, 0.15) is 5.01 Å². The molecule has 0 fully saturated rings. The molecule has 148 valence electrons. The van der Waals surface area contributed by atoms with Gasteiger partial charge in [-0.1, -0.05) is 23.7 Å². The molecule has 8 heteroatoms. The third kappa shape index (κ3) is 4.17. The van der Waals surface area contributed by atoms with Crippen molar-refractivity contribution in [2.45, 2.75) is 6.42 Å². The summed E-state index contributed by atoms with van der Waals surface area (Å²) in [6.07, 6.45) is 2.58. The first kappa shape index (κ1) is 19.6. The fraction of sp³-hybridized carbons (Fsp3) is 0.143. The molecule has 0 atom stereocenters. The molecule has 0 radical (unpaired) electrons. The molecule has 4 aromatic rings. The lowest BCUT2D eigenvalue weighted by Crippen LogP contribution is -2.09. The van der Waals surface area contributed by atoms with Gasteiger partial charge in [-0.3, -0.25) is 4.98 Å². The van der Waals surface area contributed by atoms with Crippen LogP contribution in [0.3, 0.4) is 0 Å². The Morgan fingerprint density at radius 2 is 2.03 bits per heavy atom. The molecule has 0 aliphatic rings. The topological polar surface area (TPSA) is 70.1 Å². The van der Waals surface area contributed by atoms with Crippen molar-refractivity contribution in [3.63, 3.8) is 0 Å². The molecular weight excluding hydrogens is 411 g/mol. The van der Waals surface area contributed by atoms with E-state index in [1.54, 1.807) is 23.6 Å². The highest BCUT2D eigenvalue weighted by Crippen LogP contribution is 2.34. The van der Waals surface area contributed by atoms with Crippen LogP contribution in [0, 0.1) is 5.82 Å². The summed E-state index contributed by atoms with van der Waals surface area (Å²) < 4.78 is 13.4. The van der Waals surface area contributed by atoms with Crippen molar-refractivity contribution >= 4 is 45.2 Å². The van der Waals surface area contributed by atoms with E-state index in [1.807, 2.05) is 25.2 Å². The van der Waals surface area contributed by atoms with Gasteiger partial charge in [0, 0.05) is 47.2 Å². The van der Waals surface area contributed by atoms with Crippen molar-refractivity contribution in [3.05, 3.63) is 63.8 Å². The molecule has 3 N–H and O–H groups in total. The van der Waals surface area contributed by atoms with Crippen molar-refractivity contribution in [1.29, 1.82) is 0 Å². The molecular formula is C21H18ClFN4OS. The predicted octanol–water partition coefficient (Wildman–Crippen LogP) is 5.36. The number of nitrogens with zero attached hydrogens (tertiary/aromatic N) is 2. The van der Waals surface area contributed by atoms with E-state index in [0.29, 0.717) is 5.69 Å². The number of fused-ring (bicyclic) bond motifs is 1.